The fraction of sp³-hybridized carbons (Fsp3) is 0.571. The van der Waals surface area contributed by atoms with Gasteiger partial charge in [0.05, 0.1) is 16.9 Å². The molecule has 1 fully saturated rings. The summed E-state index contributed by atoms with van der Waals surface area (Å²) in [5.41, 5.74) is 9.53. The molecule has 0 bridgehead atoms. The number of anilines is 1. The summed E-state index contributed by atoms with van der Waals surface area (Å²) in [7, 11) is 0. The average Bonchev–Trinajstić information content (AvgIpc) is 2.91. The predicted molar refractivity (Wildman–Crippen MR) is 76.7 cm³/mol. The summed E-state index contributed by atoms with van der Waals surface area (Å²) in [6.07, 6.45) is 5.43. The van der Waals surface area contributed by atoms with E-state index in [4.69, 9.17) is 10.7 Å². The summed E-state index contributed by atoms with van der Waals surface area (Å²) in [6, 6.07) is 0. The molecular formula is C14H18N2O2S. The maximum absolute atomic E-state index is 11.5. The van der Waals surface area contributed by atoms with E-state index in [1.165, 1.54) is 12.8 Å². The minimum atomic E-state index is -0.905. The van der Waals surface area contributed by atoms with Crippen molar-refractivity contribution in [3.8, 4) is 0 Å². The van der Waals surface area contributed by atoms with Crippen molar-refractivity contribution in [3.63, 3.8) is 0 Å². The van der Waals surface area contributed by atoms with Crippen LogP contribution in [0.25, 0.3) is 0 Å². The molecule has 1 saturated carbocycles. The molecule has 1 aromatic heterocycles. The smallest absolute Gasteiger partial charge is 0.338 e. The lowest BCUT2D eigenvalue weighted by Gasteiger charge is -2.22. The van der Waals surface area contributed by atoms with Gasteiger partial charge >= 0.3 is 5.97 Å². The highest BCUT2D eigenvalue weighted by Gasteiger charge is 2.29. The van der Waals surface area contributed by atoms with E-state index in [0.29, 0.717) is 17.2 Å². The van der Waals surface area contributed by atoms with Crippen LogP contribution in [-0.4, -0.2) is 21.8 Å². The van der Waals surface area contributed by atoms with Crippen molar-refractivity contribution in [2.24, 2.45) is 0 Å². The Balaban J connectivity index is 2.15. The molecule has 2 aliphatic rings. The van der Waals surface area contributed by atoms with Gasteiger partial charge in [0.1, 0.15) is 0 Å². The first kappa shape index (κ1) is 12.8. The second kappa shape index (κ2) is 5.04. The predicted octanol–water partition coefficient (Wildman–Crippen LogP) is 2.81. The third kappa shape index (κ3) is 2.20. The monoisotopic (exact) mass is 278 g/mol. The Kier molecular flexibility index (Phi) is 3.39. The Morgan fingerprint density at radius 3 is 2.79 bits per heavy atom. The van der Waals surface area contributed by atoms with Crippen LogP contribution in [0.5, 0.6) is 0 Å². The minimum Gasteiger partial charge on any atom is -0.478 e. The van der Waals surface area contributed by atoms with Gasteiger partial charge in [-0.2, -0.15) is 11.8 Å². The van der Waals surface area contributed by atoms with Crippen LogP contribution in [-0.2, 0) is 12.2 Å². The Hall–Kier alpha value is -1.23. The molecule has 0 saturated heterocycles. The number of nitrogens with zero attached hydrogens (tertiary/aromatic N) is 1. The topological polar surface area (TPSA) is 76.2 Å². The Bertz CT molecular complexity index is 525. The van der Waals surface area contributed by atoms with Crippen LogP contribution in [0, 0.1) is 0 Å². The van der Waals surface area contributed by atoms with Gasteiger partial charge in [-0.15, -0.1) is 0 Å². The van der Waals surface area contributed by atoms with E-state index >= 15 is 0 Å². The lowest BCUT2D eigenvalue weighted by Crippen LogP contribution is -2.18. The molecule has 0 radical (unpaired) electrons. The van der Waals surface area contributed by atoms with Crippen molar-refractivity contribution in [2.45, 2.75) is 43.8 Å². The fourth-order valence-electron chi connectivity index (χ4n) is 3.17. The number of hydrogen-bond acceptors (Lipinski definition) is 4. The molecule has 3 N–H and O–H groups in total. The number of aryl methyl sites for hydroxylation is 1. The zero-order chi connectivity index (χ0) is 13.4. The van der Waals surface area contributed by atoms with Gasteiger partial charge in [-0.1, -0.05) is 12.8 Å². The number of nitrogens with two attached hydrogens (primary N) is 1. The molecule has 0 atom stereocenters. The lowest BCUT2D eigenvalue weighted by molar-refractivity contribution is 0.0696. The van der Waals surface area contributed by atoms with Crippen molar-refractivity contribution < 1.29 is 9.90 Å². The van der Waals surface area contributed by atoms with Crippen LogP contribution in [0.15, 0.2) is 0 Å². The molecule has 0 amide bonds. The van der Waals surface area contributed by atoms with E-state index in [0.717, 1.165) is 47.7 Å². The van der Waals surface area contributed by atoms with Gasteiger partial charge in [-0.3, -0.25) is 4.98 Å². The van der Waals surface area contributed by atoms with Gasteiger partial charge in [0.15, 0.2) is 0 Å². The number of thioether (sulfide) groups is 1. The van der Waals surface area contributed by atoms with E-state index in [1.807, 2.05) is 0 Å². The van der Waals surface area contributed by atoms with Gasteiger partial charge in [-0.25, -0.2) is 4.79 Å². The van der Waals surface area contributed by atoms with E-state index in [1.54, 1.807) is 11.8 Å². The first-order valence-electron chi connectivity index (χ1n) is 6.80. The molecule has 0 aromatic carbocycles. The zero-order valence-electron chi connectivity index (χ0n) is 10.8. The third-order valence-electron chi connectivity index (χ3n) is 4.14. The summed E-state index contributed by atoms with van der Waals surface area (Å²) in [5.74, 6) is 1.20. The van der Waals surface area contributed by atoms with E-state index in [-0.39, 0.29) is 0 Å². The van der Waals surface area contributed by atoms with E-state index in [9.17, 15) is 9.90 Å². The molecule has 1 aromatic rings. The summed E-state index contributed by atoms with van der Waals surface area (Å²) in [4.78, 5) is 16.3. The molecular weight excluding hydrogens is 260 g/mol. The maximum atomic E-state index is 11.5. The summed E-state index contributed by atoms with van der Waals surface area (Å²) >= 11 is 1.76. The number of fused-ring (bicyclic) bond motifs is 1. The van der Waals surface area contributed by atoms with Crippen molar-refractivity contribution in [2.75, 3.05) is 11.5 Å². The number of rotatable bonds is 2. The molecule has 5 heteroatoms. The van der Waals surface area contributed by atoms with E-state index < -0.39 is 5.97 Å². The molecule has 4 nitrogen and oxygen atoms in total. The molecule has 3 rings (SSSR count). The SMILES string of the molecule is Nc1c(C2CCCC2)nc2c(c1C(=O)O)CSCC2. The highest BCUT2D eigenvalue weighted by molar-refractivity contribution is 7.98. The molecule has 0 unspecified atom stereocenters. The Morgan fingerprint density at radius 2 is 2.11 bits per heavy atom. The van der Waals surface area contributed by atoms with Crippen LogP contribution in [0.1, 0.15) is 58.9 Å². The number of hydrogen-bond donors (Lipinski definition) is 2. The van der Waals surface area contributed by atoms with Crippen LogP contribution >= 0.6 is 11.8 Å². The number of carboxylic acids is 1. The van der Waals surface area contributed by atoms with Crippen molar-refractivity contribution in [1.29, 1.82) is 0 Å². The Morgan fingerprint density at radius 1 is 1.37 bits per heavy atom. The van der Waals surface area contributed by atoms with Crippen LogP contribution in [0.4, 0.5) is 5.69 Å². The molecule has 1 aliphatic heterocycles. The molecule has 19 heavy (non-hydrogen) atoms. The Labute approximate surface area is 116 Å². The second-order valence-electron chi connectivity index (χ2n) is 5.30. The summed E-state index contributed by atoms with van der Waals surface area (Å²) in [6.45, 7) is 0. The first-order valence-corrected chi connectivity index (χ1v) is 7.96. The number of carboxylic acid groups (broad SMARTS) is 1. The quantitative estimate of drug-likeness (QED) is 0.870. The zero-order valence-corrected chi connectivity index (χ0v) is 11.6. The van der Waals surface area contributed by atoms with E-state index in [2.05, 4.69) is 0 Å². The summed E-state index contributed by atoms with van der Waals surface area (Å²) in [5, 5.41) is 9.47. The highest BCUT2D eigenvalue weighted by Crippen LogP contribution is 2.39. The third-order valence-corrected chi connectivity index (χ3v) is 5.12. The van der Waals surface area contributed by atoms with Crippen molar-refractivity contribution in [3.05, 3.63) is 22.5 Å². The minimum absolute atomic E-state index is 0.319. The van der Waals surface area contributed by atoms with Gasteiger partial charge < -0.3 is 10.8 Å². The normalized spacial score (nSPS) is 19.4. The number of aromatic nitrogens is 1. The molecule has 2 heterocycles. The molecule has 102 valence electrons. The van der Waals surface area contributed by atoms with Crippen molar-refractivity contribution >= 4 is 23.4 Å². The maximum Gasteiger partial charge on any atom is 0.338 e. The lowest BCUT2D eigenvalue weighted by atomic mass is 9.95. The standard InChI is InChI=1S/C14H18N2O2S/c15-12-11(14(17)18)9-7-19-6-5-10(9)16-13(12)8-3-1-2-4-8/h8H,1-7,15H2,(H,17,18). The number of carbonyl (C=O) groups is 1. The van der Waals surface area contributed by atoms with Crippen LogP contribution < -0.4 is 5.73 Å². The van der Waals surface area contributed by atoms with Crippen molar-refractivity contribution in [1.82, 2.24) is 4.98 Å². The van der Waals surface area contributed by atoms with Gasteiger partial charge in [0.25, 0.3) is 0 Å². The first-order chi connectivity index (χ1) is 9.18. The largest absolute Gasteiger partial charge is 0.478 e. The van der Waals surface area contributed by atoms with Crippen LogP contribution in [0.2, 0.25) is 0 Å². The van der Waals surface area contributed by atoms with Gasteiger partial charge in [0.2, 0.25) is 0 Å². The van der Waals surface area contributed by atoms with Crippen LogP contribution in [0.3, 0.4) is 0 Å². The fourth-order valence-corrected chi connectivity index (χ4v) is 4.17. The number of aromatic carboxylic acids is 1. The average molecular weight is 278 g/mol. The highest BCUT2D eigenvalue weighted by atomic mass is 32.2. The second-order valence-corrected chi connectivity index (χ2v) is 6.41. The van der Waals surface area contributed by atoms with Gasteiger partial charge in [0, 0.05) is 22.9 Å². The molecule has 1 aliphatic carbocycles. The number of pyridine rings is 1. The molecule has 0 spiro atoms. The number of nitrogen functional groups attached to an aromatic ring is 1. The summed E-state index contributed by atoms with van der Waals surface area (Å²) < 4.78 is 0. The van der Waals surface area contributed by atoms with Gasteiger partial charge in [-0.05, 0) is 25.0 Å².